The zero-order chi connectivity index (χ0) is 20.1. The van der Waals surface area contributed by atoms with Gasteiger partial charge in [-0.3, -0.25) is 9.59 Å². The van der Waals surface area contributed by atoms with Crippen LogP contribution in [0.1, 0.15) is 12.8 Å². The Kier molecular flexibility index (Phi) is 6.05. The molecule has 0 aliphatic carbocycles. The smallest absolute Gasteiger partial charge is 0.313 e. The molecule has 2 N–H and O–H groups in total. The molecule has 148 valence electrons. The summed E-state index contributed by atoms with van der Waals surface area (Å²) in [5, 5.41) is 4.76. The summed E-state index contributed by atoms with van der Waals surface area (Å²) in [5.74, 6) is -2.39. The van der Waals surface area contributed by atoms with E-state index in [4.69, 9.17) is 0 Å². The van der Waals surface area contributed by atoms with Gasteiger partial charge in [-0.1, -0.05) is 24.3 Å². The van der Waals surface area contributed by atoms with Crippen molar-refractivity contribution in [3.63, 3.8) is 0 Å². The highest BCUT2D eigenvalue weighted by Crippen LogP contribution is 2.25. The molecule has 2 aromatic rings. The molecule has 9 heteroatoms. The molecule has 0 radical (unpaired) electrons. The van der Waals surface area contributed by atoms with Crippen molar-refractivity contribution >= 4 is 27.5 Å². The highest BCUT2D eigenvalue weighted by molar-refractivity contribution is 7.89. The number of hydrogen-bond acceptors (Lipinski definition) is 4. The second kappa shape index (κ2) is 8.49. The molecule has 0 spiro atoms. The molecule has 28 heavy (non-hydrogen) atoms. The zero-order valence-electron chi connectivity index (χ0n) is 15.0. The highest BCUT2D eigenvalue weighted by atomic mass is 32.2. The van der Waals surface area contributed by atoms with E-state index in [1.807, 2.05) is 0 Å². The van der Waals surface area contributed by atoms with Gasteiger partial charge in [-0.05, 0) is 43.2 Å². The third-order valence-electron chi connectivity index (χ3n) is 4.46. The molecule has 0 unspecified atom stereocenters. The van der Waals surface area contributed by atoms with Crippen LogP contribution in [-0.4, -0.2) is 43.7 Å². The molecule has 1 heterocycles. The lowest BCUT2D eigenvalue weighted by Crippen LogP contribution is -2.45. The lowest BCUT2D eigenvalue weighted by Gasteiger charge is -2.24. The van der Waals surface area contributed by atoms with E-state index >= 15 is 0 Å². The van der Waals surface area contributed by atoms with Crippen molar-refractivity contribution in [2.45, 2.75) is 23.8 Å². The molecule has 0 aromatic heterocycles. The quantitative estimate of drug-likeness (QED) is 0.741. The number of nitrogens with zero attached hydrogens (tertiary/aromatic N) is 1. The van der Waals surface area contributed by atoms with Gasteiger partial charge in [0.05, 0.1) is 4.90 Å². The van der Waals surface area contributed by atoms with Crippen LogP contribution in [0.2, 0.25) is 0 Å². The fraction of sp³-hybridized carbons (Fsp3) is 0.263. The lowest BCUT2D eigenvalue weighted by molar-refractivity contribution is -0.136. The number of hydrogen-bond donors (Lipinski definition) is 2. The summed E-state index contributed by atoms with van der Waals surface area (Å²) in [7, 11) is -3.67. The Balaban J connectivity index is 1.60. The Morgan fingerprint density at radius 2 is 1.82 bits per heavy atom. The van der Waals surface area contributed by atoms with E-state index in [-0.39, 0.29) is 17.1 Å². The Bertz CT molecular complexity index is 966. The largest absolute Gasteiger partial charge is 0.346 e. The van der Waals surface area contributed by atoms with Gasteiger partial charge in [-0.15, -0.1) is 0 Å². The van der Waals surface area contributed by atoms with Crippen molar-refractivity contribution in [1.29, 1.82) is 0 Å². The second-order valence-electron chi connectivity index (χ2n) is 6.40. The number of nitrogens with one attached hydrogen (secondary N) is 2. The van der Waals surface area contributed by atoms with Gasteiger partial charge in [-0.2, -0.15) is 4.31 Å². The molecule has 1 fully saturated rings. The summed E-state index contributed by atoms with van der Waals surface area (Å²) in [4.78, 5) is 24.2. The van der Waals surface area contributed by atoms with Gasteiger partial charge in [0.25, 0.3) is 0 Å². The summed E-state index contributed by atoms with van der Waals surface area (Å²) < 4.78 is 40.1. The molecule has 2 amide bonds. The number of sulfonamides is 1. The fourth-order valence-electron chi connectivity index (χ4n) is 3.10. The number of rotatable bonds is 5. The standard InChI is InChI=1S/C19H20FN3O4S/c20-14-6-4-7-15(12-14)22-19(25)18(24)21-13-16-8-5-11-23(16)28(26,27)17-9-2-1-3-10-17/h1-4,6-7,9-10,12,16H,5,8,11,13H2,(H,21,24)(H,22,25)/t16-/m1/s1. The van der Waals surface area contributed by atoms with Crippen LogP contribution in [0, 0.1) is 5.82 Å². The first-order chi connectivity index (χ1) is 13.4. The Morgan fingerprint density at radius 3 is 2.54 bits per heavy atom. The van der Waals surface area contributed by atoms with Gasteiger partial charge in [0.15, 0.2) is 0 Å². The third-order valence-corrected chi connectivity index (χ3v) is 6.43. The summed E-state index contributed by atoms with van der Waals surface area (Å²) >= 11 is 0. The summed E-state index contributed by atoms with van der Waals surface area (Å²) in [6, 6.07) is 12.8. The van der Waals surface area contributed by atoms with Crippen molar-refractivity contribution in [3.8, 4) is 0 Å². The van der Waals surface area contributed by atoms with Gasteiger partial charge in [0, 0.05) is 24.8 Å². The van der Waals surface area contributed by atoms with Gasteiger partial charge >= 0.3 is 11.8 Å². The van der Waals surface area contributed by atoms with Crippen LogP contribution in [0.4, 0.5) is 10.1 Å². The molecule has 7 nitrogen and oxygen atoms in total. The molecule has 1 aliphatic rings. The van der Waals surface area contributed by atoms with Gasteiger partial charge in [0.1, 0.15) is 5.82 Å². The first kappa shape index (κ1) is 20.0. The number of anilines is 1. The van der Waals surface area contributed by atoms with Crippen molar-refractivity contribution < 1.29 is 22.4 Å². The highest BCUT2D eigenvalue weighted by Gasteiger charge is 2.35. The van der Waals surface area contributed by atoms with Crippen molar-refractivity contribution in [3.05, 3.63) is 60.4 Å². The SMILES string of the molecule is O=C(NC[C@H]1CCCN1S(=O)(=O)c1ccccc1)C(=O)Nc1cccc(F)c1. The van der Waals surface area contributed by atoms with Crippen molar-refractivity contribution in [2.24, 2.45) is 0 Å². The Labute approximate surface area is 162 Å². The average Bonchev–Trinajstić information content (AvgIpc) is 3.16. The van der Waals surface area contributed by atoms with Crippen molar-refractivity contribution in [1.82, 2.24) is 9.62 Å². The van der Waals surface area contributed by atoms with E-state index < -0.39 is 33.7 Å². The summed E-state index contributed by atoms with van der Waals surface area (Å²) in [5.41, 5.74) is 0.161. The molecule has 1 saturated heterocycles. The van der Waals surface area contributed by atoms with Crippen LogP contribution in [0.15, 0.2) is 59.5 Å². The summed E-state index contributed by atoms with van der Waals surface area (Å²) in [6.07, 6.45) is 1.25. The van der Waals surface area contributed by atoms with E-state index in [0.717, 1.165) is 6.07 Å². The lowest BCUT2D eigenvalue weighted by atomic mass is 10.2. The predicted octanol–water partition coefficient (Wildman–Crippen LogP) is 1.73. The van der Waals surface area contributed by atoms with Gasteiger partial charge in [-0.25, -0.2) is 12.8 Å². The van der Waals surface area contributed by atoms with Crippen LogP contribution in [0.3, 0.4) is 0 Å². The van der Waals surface area contributed by atoms with E-state index in [0.29, 0.717) is 19.4 Å². The maximum absolute atomic E-state index is 13.2. The average molecular weight is 405 g/mol. The monoisotopic (exact) mass is 405 g/mol. The van der Waals surface area contributed by atoms with E-state index in [2.05, 4.69) is 10.6 Å². The Morgan fingerprint density at radius 1 is 1.07 bits per heavy atom. The van der Waals surface area contributed by atoms with Gasteiger partial charge in [0.2, 0.25) is 10.0 Å². The van der Waals surface area contributed by atoms with Crippen LogP contribution >= 0.6 is 0 Å². The fourth-order valence-corrected chi connectivity index (χ4v) is 4.82. The number of amides is 2. The molecule has 3 rings (SSSR count). The molecule has 1 atom stereocenters. The van der Waals surface area contributed by atoms with E-state index in [1.165, 1.54) is 34.6 Å². The summed E-state index contributed by atoms with van der Waals surface area (Å²) in [6.45, 7) is 0.370. The van der Waals surface area contributed by atoms with Gasteiger partial charge < -0.3 is 10.6 Å². The molecular weight excluding hydrogens is 385 g/mol. The number of benzene rings is 2. The van der Waals surface area contributed by atoms with E-state index in [9.17, 15) is 22.4 Å². The van der Waals surface area contributed by atoms with Crippen LogP contribution in [0.5, 0.6) is 0 Å². The molecule has 0 saturated carbocycles. The third kappa shape index (κ3) is 4.55. The maximum atomic E-state index is 13.2. The minimum atomic E-state index is -3.67. The molecule has 0 bridgehead atoms. The normalized spacial score (nSPS) is 17.2. The molecular formula is C19H20FN3O4S. The topological polar surface area (TPSA) is 95.6 Å². The van der Waals surface area contributed by atoms with Crippen LogP contribution < -0.4 is 10.6 Å². The van der Waals surface area contributed by atoms with Crippen LogP contribution in [-0.2, 0) is 19.6 Å². The first-order valence-electron chi connectivity index (χ1n) is 8.79. The van der Waals surface area contributed by atoms with Crippen LogP contribution in [0.25, 0.3) is 0 Å². The maximum Gasteiger partial charge on any atom is 0.313 e. The number of carbonyl (C=O) groups is 2. The predicted molar refractivity (Wildman–Crippen MR) is 101 cm³/mol. The number of halogens is 1. The van der Waals surface area contributed by atoms with Crippen molar-refractivity contribution in [2.75, 3.05) is 18.4 Å². The molecule has 1 aliphatic heterocycles. The first-order valence-corrected chi connectivity index (χ1v) is 10.2. The Hall–Kier alpha value is -2.78. The number of carbonyl (C=O) groups excluding carboxylic acids is 2. The minimum Gasteiger partial charge on any atom is -0.346 e. The minimum absolute atomic E-state index is 0.0153. The second-order valence-corrected chi connectivity index (χ2v) is 8.29. The van der Waals surface area contributed by atoms with E-state index in [1.54, 1.807) is 18.2 Å². The zero-order valence-corrected chi connectivity index (χ0v) is 15.8. The molecule has 2 aromatic carbocycles.